The molecule has 0 aliphatic carbocycles. The second-order valence-corrected chi connectivity index (χ2v) is 14.8. The maximum atomic E-state index is 8.44. The molecule has 104 valence electrons. The molecule has 0 saturated heterocycles. The molecule has 3 N–H and O–H groups in total. The van der Waals surface area contributed by atoms with Crippen molar-refractivity contribution in [2.45, 2.75) is 19.6 Å². The molecule has 0 bridgehead atoms. The molecule has 0 atom stereocenters. The Balaban J connectivity index is -0.0000000412. The van der Waals surface area contributed by atoms with Gasteiger partial charge in [0.2, 0.25) is 18.5 Å². The average Bonchev–Trinajstić information content (AvgIpc) is 1.73. The van der Waals surface area contributed by atoms with Crippen LogP contribution >= 0.6 is 0 Å². The second kappa shape index (κ2) is 18.7. The third-order valence-corrected chi connectivity index (χ3v) is 0. The first-order valence-corrected chi connectivity index (χ1v) is 9.58. The summed E-state index contributed by atoms with van der Waals surface area (Å²) in [5, 5.41) is 45.9. The first-order valence-electron chi connectivity index (χ1n) is 3.75. The molecular weight excluding hydrogens is 324 g/mol. The summed E-state index contributed by atoms with van der Waals surface area (Å²) in [5.41, 5.74) is -0.583. The molecule has 0 rings (SSSR count). The van der Waals surface area contributed by atoms with Crippen molar-refractivity contribution in [2.75, 3.05) is 0 Å². The molecule has 0 spiro atoms. The predicted molar refractivity (Wildman–Crippen MR) is 53.2 cm³/mol. The van der Waals surface area contributed by atoms with E-state index in [1.54, 1.807) is 0 Å². The smallest absolute Gasteiger partial charge is 0.565 e. The summed E-state index contributed by atoms with van der Waals surface area (Å²) in [6.45, 7) is 7.02. The van der Waals surface area contributed by atoms with Crippen LogP contribution in [-0.2, 0) is 17.1 Å². The molecule has 9 nitrogen and oxygen atoms in total. The van der Waals surface area contributed by atoms with Crippen LogP contribution in [-0.4, -0.2) is 60.4 Å². The SMILES string of the molecule is C[Si](C)(C)[Mg+].O=C([O-])O.O=C([O-])O.O=C([O-])O.[Fe+2]. The summed E-state index contributed by atoms with van der Waals surface area (Å²) in [7, 11) is 0. The summed E-state index contributed by atoms with van der Waals surface area (Å²) in [6, 6.07) is 0. The molecule has 18 heavy (non-hydrogen) atoms. The molecule has 0 aromatic rings. The monoisotopic (exact) mass is 336 g/mol. The standard InChI is InChI=1S/C3H9Si.3CH2O3.Fe.Mg/c1-4(2)3;3*2-1(3)4;;/h1-3H3;3*(H2,2,3,4);;/q;;;;+2;+1/p-3. The van der Waals surface area contributed by atoms with Crippen molar-refractivity contribution in [1.82, 2.24) is 0 Å². The van der Waals surface area contributed by atoms with Crippen molar-refractivity contribution in [2.24, 2.45) is 0 Å². The topological polar surface area (TPSA) is 181 Å². The van der Waals surface area contributed by atoms with E-state index >= 15 is 0 Å². The molecule has 0 aliphatic heterocycles. The summed E-state index contributed by atoms with van der Waals surface area (Å²) in [5.74, 6) is 0. The van der Waals surface area contributed by atoms with E-state index in [1.807, 2.05) is 0 Å². The molecular formula is C6H12FeMgO9Si. The van der Waals surface area contributed by atoms with Crippen molar-refractivity contribution in [1.29, 1.82) is 0 Å². The van der Waals surface area contributed by atoms with Gasteiger partial charge in [-0.1, -0.05) is 0 Å². The Morgan fingerprint density at radius 2 is 0.833 bits per heavy atom. The summed E-state index contributed by atoms with van der Waals surface area (Å²) >= 11 is 2.15. The van der Waals surface area contributed by atoms with E-state index in [-0.39, 0.29) is 17.1 Å². The Kier molecular flexibility index (Phi) is 31.5. The summed E-state index contributed by atoms with van der Waals surface area (Å²) in [4.78, 5) is 25.3. The number of carbonyl (C=O) groups is 3. The third kappa shape index (κ3) is 6640. The molecule has 0 unspecified atom stereocenters. The van der Waals surface area contributed by atoms with Crippen LogP contribution in [0.3, 0.4) is 0 Å². The van der Waals surface area contributed by atoms with Crippen LogP contribution in [0.4, 0.5) is 14.4 Å². The van der Waals surface area contributed by atoms with E-state index in [9.17, 15) is 0 Å². The minimum atomic E-state index is -2.08. The molecule has 0 aromatic heterocycles. The number of carboxylic acid groups (broad SMARTS) is 6. The Morgan fingerprint density at radius 1 is 0.833 bits per heavy atom. The van der Waals surface area contributed by atoms with Gasteiger partial charge in [0.05, 0.1) is 0 Å². The molecule has 0 radical (unpaired) electrons. The second-order valence-electron chi connectivity index (χ2n) is 3.36. The first kappa shape index (κ1) is 30.4. The van der Waals surface area contributed by atoms with Crippen molar-refractivity contribution in [3.63, 3.8) is 0 Å². The van der Waals surface area contributed by atoms with Gasteiger partial charge < -0.3 is 45.0 Å². The van der Waals surface area contributed by atoms with Gasteiger partial charge >= 0.3 is 63.4 Å². The van der Waals surface area contributed by atoms with Gasteiger partial charge in [-0.3, -0.25) is 0 Å². The third-order valence-electron chi connectivity index (χ3n) is 0. The van der Waals surface area contributed by atoms with Gasteiger partial charge in [-0.05, 0) is 0 Å². The molecule has 0 fully saturated rings. The van der Waals surface area contributed by atoms with Gasteiger partial charge in [-0.2, -0.15) is 0 Å². The number of rotatable bonds is 0. The average molecular weight is 336 g/mol. The van der Waals surface area contributed by atoms with Crippen molar-refractivity contribution in [3.8, 4) is 0 Å². The molecule has 0 aliphatic rings. The maximum absolute atomic E-state index is 8.44. The molecule has 0 amide bonds. The van der Waals surface area contributed by atoms with E-state index in [1.165, 1.54) is 0 Å². The van der Waals surface area contributed by atoms with Gasteiger partial charge in [-0.15, -0.1) is 0 Å². The van der Waals surface area contributed by atoms with Crippen LogP contribution in [0.1, 0.15) is 0 Å². The van der Waals surface area contributed by atoms with Gasteiger partial charge in [0.15, 0.2) is 0 Å². The van der Waals surface area contributed by atoms with E-state index in [0.29, 0.717) is 0 Å². The minimum absolute atomic E-state index is 0. The van der Waals surface area contributed by atoms with Crippen LogP contribution in [0, 0.1) is 0 Å². The van der Waals surface area contributed by atoms with Crippen LogP contribution in [0.25, 0.3) is 0 Å². The number of hydrogen-bond acceptors (Lipinski definition) is 6. The largest absolute Gasteiger partial charge is 2.00 e. The number of hydrogen-bond donors (Lipinski definition) is 3. The minimum Gasteiger partial charge on any atom is -0.565 e. The normalized spacial score (nSPS) is 7.39. The van der Waals surface area contributed by atoms with Crippen molar-refractivity contribution in [3.05, 3.63) is 0 Å². The fourth-order valence-corrected chi connectivity index (χ4v) is 0. The van der Waals surface area contributed by atoms with Crippen molar-refractivity contribution < 1.29 is 62.1 Å². The van der Waals surface area contributed by atoms with E-state index in [2.05, 4.69) is 40.6 Å². The van der Waals surface area contributed by atoms with E-state index in [4.69, 9.17) is 45.0 Å². The van der Waals surface area contributed by atoms with E-state index in [0.717, 1.165) is 0 Å². The Bertz CT molecular complexity index is 183. The van der Waals surface area contributed by atoms with Gasteiger partial charge in [0, 0.05) is 0 Å². The zero-order chi connectivity index (χ0) is 15.2. The van der Waals surface area contributed by atoms with Crippen molar-refractivity contribution >= 4 is 45.1 Å². The fourth-order valence-electron chi connectivity index (χ4n) is 0. The quantitative estimate of drug-likeness (QED) is 0.408. The molecule has 0 heterocycles. The van der Waals surface area contributed by atoms with Gasteiger partial charge in [0.25, 0.3) is 0 Å². The molecule has 12 heteroatoms. The van der Waals surface area contributed by atoms with Crippen LogP contribution in [0.15, 0.2) is 0 Å². The molecule has 0 aromatic carbocycles. The zero-order valence-corrected chi connectivity index (χ0v) is 13.4. The van der Waals surface area contributed by atoms with Gasteiger partial charge in [-0.25, -0.2) is 0 Å². The first-order chi connectivity index (χ1) is 7.20. The Hall–Kier alpha value is -0.687. The molecule has 0 saturated carbocycles. The van der Waals surface area contributed by atoms with Crippen LogP contribution in [0.2, 0.25) is 19.6 Å². The maximum Gasteiger partial charge on any atom is 2.00 e. The summed E-state index contributed by atoms with van der Waals surface area (Å²) < 4.78 is 0. The van der Waals surface area contributed by atoms with Gasteiger partial charge in [0.1, 0.15) is 0 Å². The van der Waals surface area contributed by atoms with E-state index < -0.39 is 24.2 Å². The summed E-state index contributed by atoms with van der Waals surface area (Å²) in [6.07, 6.45) is -6.25. The Morgan fingerprint density at radius 3 is 0.833 bits per heavy atom. The predicted octanol–water partition coefficient (Wildman–Crippen LogP) is -2.35. The Labute approximate surface area is 126 Å². The fraction of sp³-hybridized carbons (Fsp3) is 0.500. The van der Waals surface area contributed by atoms with Crippen LogP contribution < -0.4 is 15.3 Å². The zero-order valence-electron chi connectivity index (χ0n) is 9.85. The van der Waals surface area contributed by atoms with Crippen LogP contribution in [0.5, 0.6) is 0 Å².